The van der Waals surface area contributed by atoms with Gasteiger partial charge < -0.3 is 14.4 Å². The Bertz CT molecular complexity index is 3470. The van der Waals surface area contributed by atoms with Gasteiger partial charge in [-0.25, -0.2) is 0 Å². The highest BCUT2D eigenvalue weighted by atomic mass is 15.2. The molecule has 3 nitrogen and oxygen atoms in total. The summed E-state index contributed by atoms with van der Waals surface area (Å²) in [5, 5.41) is 2.41. The summed E-state index contributed by atoms with van der Waals surface area (Å²) >= 11 is 0. The molecule has 67 heavy (non-hydrogen) atoms. The van der Waals surface area contributed by atoms with Gasteiger partial charge in [-0.1, -0.05) is 143 Å². The minimum absolute atomic E-state index is 0.0193. The van der Waals surface area contributed by atoms with Crippen LogP contribution in [-0.2, 0) is 10.8 Å². The summed E-state index contributed by atoms with van der Waals surface area (Å²) < 4.78 is 2.43. The van der Waals surface area contributed by atoms with Crippen LogP contribution in [0.1, 0.15) is 75.6 Å². The molecule has 3 heteroatoms. The molecule has 326 valence electrons. The van der Waals surface area contributed by atoms with Gasteiger partial charge >= 0.3 is 0 Å². The average Bonchev–Trinajstić information content (AvgIpc) is 3.98. The Labute approximate surface area is 395 Å². The molecule has 0 saturated carbocycles. The topological polar surface area (TPSA) is 11.4 Å². The van der Waals surface area contributed by atoms with Crippen molar-refractivity contribution in [3.05, 3.63) is 235 Å². The molecule has 9 aromatic carbocycles. The summed E-state index contributed by atoms with van der Waals surface area (Å²) in [6.07, 6.45) is 4.24. The summed E-state index contributed by atoms with van der Waals surface area (Å²) in [7, 11) is 0. The summed E-state index contributed by atoms with van der Waals surface area (Å²) in [6, 6.07) is 79.3. The van der Waals surface area contributed by atoms with Crippen LogP contribution in [0.5, 0.6) is 0 Å². The molecular weight excluding hydrogens is 811 g/mol. The van der Waals surface area contributed by atoms with Gasteiger partial charge in [0.2, 0.25) is 0 Å². The Balaban J connectivity index is 1.07. The van der Waals surface area contributed by atoms with Crippen molar-refractivity contribution in [2.75, 3.05) is 9.80 Å². The second kappa shape index (κ2) is 16.1. The highest BCUT2D eigenvalue weighted by molar-refractivity contribution is 6.12. The van der Waals surface area contributed by atoms with Gasteiger partial charge in [-0.3, -0.25) is 0 Å². The Hall–Kier alpha value is -7.62. The van der Waals surface area contributed by atoms with E-state index < -0.39 is 0 Å². The van der Waals surface area contributed by atoms with Crippen LogP contribution >= 0.6 is 0 Å². The lowest BCUT2D eigenvalue weighted by molar-refractivity contribution is 0.490. The molecule has 12 rings (SSSR count). The first-order valence-corrected chi connectivity index (χ1v) is 24.3. The van der Waals surface area contributed by atoms with E-state index in [1.54, 1.807) is 0 Å². The molecule has 2 aliphatic carbocycles. The van der Waals surface area contributed by atoms with Crippen molar-refractivity contribution in [2.45, 2.75) is 64.2 Å². The Kier molecular flexibility index (Phi) is 9.80. The van der Waals surface area contributed by atoms with E-state index in [4.69, 9.17) is 0 Å². The molecule has 0 fully saturated rings. The van der Waals surface area contributed by atoms with Gasteiger partial charge in [-0.05, 0) is 167 Å². The van der Waals surface area contributed by atoms with Gasteiger partial charge in [0.15, 0.2) is 0 Å². The summed E-state index contributed by atoms with van der Waals surface area (Å²) in [6.45, 7) is 9.40. The van der Waals surface area contributed by atoms with Crippen LogP contribution in [0.2, 0.25) is 0 Å². The minimum Gasteiger partial charge on any atom is -0.310 e. The van der Waals surface area contributed by atoms with Gasteiger partial charge in [0.1, 0.15) is 0 Å². The second-order valence-electron chi connectivity index (χ2n) is 18.5. The fourth-order valence-electron chi connectivity index (χ4n) is 12.4. The fourth-order valence-corrected chi connectivity index (χ4v) is 12.4. The van der Waals surface area contributed by atoms with Gasteiger partial charge in [0.25, 0.3) is 0 Å². The number of anilines is 6. The lowest BCUT2D eigenvalue weighted by atomic mass is 9.74. The highest BCUT2D eigenvalue weighted by Gasteiger charge is 2.42. The number of benzene rings is 9. The summed E-state index contributed by atoms with van der Waals surface area (Å²) in [4.78, 5) is 4.90. The lowest BCUT2D eigenvalue weighted by Gasteiger charge is -2.31. The largest absolute Gasteiger partial charge is 0.310 e. The predicted molar refractivity (Wildman–Crippen MR) is 284 cm³/mol. The average molecular weight is 866 g/mol. The van der Waals surface area contributed by atoms with E-state index in [-0.39, 0.29) is 10.8 Å². The van der Waals surface area contributed by atoms with Crippen LogP contribution in [0, 0.1) is 0 Å². The molecule has 1 heterocycles. The molecule has 0 aliphatic heterocycles. The molecule has 10 aromatic rings. The number of fused-ring (bicyclic) bond motifs is 9. The Morgan fingerprint density at radius 2 is 0.701 bits per heavy atom. The maximum atomic E-state index is 2.49. The van der Waals surface area contributed by atoms with Gasteiger partial charge in [0, 0.05) is 61.4 Å². The van der Waals surface area contributed by atoms with E-state index in [0.29, 0.717) is 0 Å². The van der Waals surface area contributed by atoms with E-state index in [9.17, 15) is 0 Å². The number of nitrogens with zero attached hydrogens (tertiary/aromatic N) is 3. The number of rotatable bonds is 11. The number of hydrogen-bond donors (Lipinski definition) is 0. The first-order valence-electron chi connectivity index (χ1n) is 24.3. The maximum Gasteiger partial charge on any atom is 0.0542 e. The molecule has 0 bridgehead atoms. The molecule has 2 aliphatic rings. The van der Waals surface area contributed by atoms with E-state index in [0.717, 1.165) is 59.8 Å². The minimum atomic E-state index is -0.0320. The number of hydrogen-bond acceptors (Lipinski definition) is 2. The molecular formula is C64H55N3. The molecule has 0 unspecified atom stereocenters. The molecule has 0 radical (unpaired) electrons. The van der Waals surface area contributed by atoms with Crippen molar-refractivity contribution < 1.29 is 0 Å². The molecule has 0 spiro atoms. The third-order valence-corrected chi connectivity index (χ3v) is 15.7. The normalized spacial score (nSPS) is 13.9. The zero-order valence-corrected chi connectivity index (χ0v) is 38.9. The zero-order chi connectivity index (χ0) is 45.3. The number of aromatic nitrogens is 1. The molecule has 0 saturated heterocycles. The monoisotopic (exact) mass is 865 g/mol. The third kappa shape index (κ3) is 6.10. The molecule has 1 aromatic heterocycles. The van der Waals surface area contributed by atoms with Crippen LogP contribution in [-0.4, -0.2) is 4.57 Å². The van der Waals surface area contributed by atoms with Crippen molar-refractivity contribution in [1.29, 1.82) is 0 Å². The maximum absolute atomic E-state index is 2.49. The van der Waals surface area contributed by atoms with Gasteiger partial charge in [0.05, 0.1) is 11.0 Å². The van der Waals surface area contributed by atoms with E-state index in [2.05, 4.69) is 254 Å². The predicted octanol–water partition coefficient (Wildman–Crippen LogP) is 17.9. The van der Waals surface area contributed by atoms with E-state index >= 15 is 0 Å². The van der Waals surface area contributed by atoms with Gasteiger partial charge in [-0.2, -0.15) is 0 Å². The Morgan fingerprint density at radius 3 is 1.24 bits per heavy atom. The van der Waals surface area contributed by atoms with Crippen molar-refractivity contribution >= 4 is 55.9 Å². The lowest BCUT2D eigenvalue weighted by Crippen LogP contribution is -2.23. The van der Waals surface area contributed by atoms with E-state index in [1.807, 2.05) is 0 Å². The van der Waals surface area contributed by atoms with Crippen LogP contribution in [0.3, 0.4) is 0 Å². The van der Waals surface area contributed by atoms with Crippen LogP contribution in [0.4, 0.5) is 34.1 Å². The number of para-hydroxylation sites is 3. The smallest absolute Gasteiger partial charge is 0.0542 e. The summed E-state index contributed by atoms with van der Waals surface area (Å²) in [5.41, 5.74) is 21.5. The van der Waals surface area contributed by atoms with E-state index in [1.165, 1.54) is 72.0 Å². The molecule has 0 atom stereocenters. The standard InChI is InChI=1S/C64H55N3/c1-5-63(6-2)58-31-21-19-29-52(58)54-40-47(33-37-59(54)63)65(44-22-12-9-13-23-44)48-34-38-61-55(41-48)56-42-49(35-39-62(56)67(61)46-26-16-11-17-27-46)66(45-24-14-10-15-25-45)50-32-36-53-51-28-18-20-30-57(51)64(7-3,8-4)60(53)43-50/h9-43H,5-8H2,1-4H3. The fraction of sp³-hybridized carbons (Fsp3) is 0.156. The van der Waals surface area contributed by atoms with Crippen LogP contribution < -0.4 is 9.80 Å². The highest BCUT2D eigenvalue weighted by Crippen LogP contribution is 2.56. The second-order valence-corrected chi connectivity index (χ2v) is 18.5. The quantitative estimate of drug-likeness (QED) is 0.128. The molecule has 0 N–H and O–H groups in total. The SMILES string of the molecule is CCC1(CC)c2ccccc2-c2cc(N(c3ccccc3)c3ccc4c(c3)c3cc(N(c5ccccc5)c5ccc6c(c5)C(CC)(CC)c5ccccc5-6)ccc3n4-c3ccccc3)ccc21. The van der Waals surface area contributed by atoms with Crippen LogP contribution in [0.25, 0.3) is 49.7 Å². The first kappa shape index (κ1) is 40.9. The van der Waals surface area contributed by atoms with Gasteiger partial charge in [-0.15, -0.1) is 0 Å². The first-order chi connectivity index (χ1) is 33.0. The molecule has 0 amide bonds. The third-order valence-electron chi connectivity index (χ3n) is 15.7. The van der Waals surface area contributed by atoms with Crippen molar-refractivity contribution in [3.63, 3.8) is 0 Å². The Morgan fingerprint density at radius 1 is 0.313 bits per heavy atom. The summed E-state index contributed by atoms with van der Waals surface area (Å²) in [5.74, 6) is 0. The zero-order valence-electron chi connectivity index (χ0n) is 38.9. The van der Waals surface area contributed by atoms with Crippen molar-refractivity contribution in [2.24, 2.45) is 0 Å². The van der Waals surface area contributed by atoms with Crippen molar-refractivity contribution in [1.82, 2.24) is 4.57 Å². The van der Waals surface area contributed by atoms with Crippen molar-refractivity contribution in [3.8, 4) is 27.9 Å². The van der Waals surface area contributed by atoms with Crippen LogP contribution in [0.15, 0.2) is 212 Å².